The second-order valence-electron chi connectivity index (χ2n) is 3.72. The summed E-state index contributed by atoms with van der Waals surface area (Å²) in [5.74, 6) is -2.22. The lowest BCUT2D eigenvalue weighted by Crippen LogP contribution is -2.19. The first kappa shape index (κ1) is 12.7. The fraction of sp³-hybridized carbons (Fsp3) is 0.364. The van der Waals surface area contributed by atoms with Crippen LogP contribution in [-0.2, 0) is 21.1 Å². The van der Waals surface area contributed by atoms with Crippen LogP contribution >= 0.6 is 0 Å². The molecule has 0 aromatic heterocycles. The molecule has 1 aromatic carbocycles. The van der Waals surface area contributed by atoms with E-state index in [1.54, 1.807) is 0 Å². The lowest BCUT2D eigenvalue weighted by Gasteiger charge is -2.03. The smallest absolute Gasteiger partial charge is 0.318 e. The molecule has 0 heterocycles. The highest BCUT2D eigenvalue weighted by atomic mass is 32.2. The third-order valence-electron chi connectivity index (χ3n) is 2.13. The Kier molecular flexibility index (Phi) is 4.06. The summed E-state index contributed by atoms with van der Waals surface area (Å²) in [6.45, 7) is 1.93. The van der Waals surface area contributed by atoms with Gasteiger partial charge in [0.15, 0.2) is 9.84 Å². The van der Waals surface area contributed by atoms with Crippen molar-refractivity contribution in [2.75, 3.05) is 11.5 Å². The molecule has 88 valence electrons. The molecule has 0 unspecified atom stereocenters. The summed E-state index contributed by atoms with van der Waals surface area (Å²) in [5.41, 5.74) is 1.97. The van der Waals surface area contributed by atoms with Gasteiger partial charge in [-0.1, -0.05) is 29.8 Å². The number of carboxylic acid groups (broad SMARTS) is 1. The average Bonchev–Trinajstić information content (AvgIpc) is 2.13. The summed E-state index contributed by atoms with van der Waals surface area (Å²) in [4.78, 5) is 10.3. The molecule has 1 N–H and O–H groups in total. The second kappa shape index (κ2) is 5.12. The van der Waals surface area contributed by atoms with Crippen LogP contribution in [0.3, 0.4) is 0 Å². The number of aryl methyl sites for hydroxylation is 2. The molecule has 1 aromatic rings. The number of rotatable bonds is 5. The van der Waals surface area contributed by atoms with Crippen molar-refractivity contribution in [1.29, 1.82) is 0 Å². The van der Waals surface area contributed by atoms with E-state index in [1.807, 2.05) is 31.2 Å². The third kappa shape index (κ3) is 4.44. The van der Waals surface area contributed by atoms with Crippen LogP contribution in [0.2, 0.25) is 0 Å². The molecule has 5 heteroatoms. The van der Waals surface area contributed by atoms with Gasteiger partial charge in [-0.15, -0.1) is 0 Å². The Hall–Kier alpha value is -1.36. The second-order valence-corrected chi connectivity index (χ2v) is 5.91. The predicted octanol–water partition coefficient (Wildman–Crippen LogP) is 1.04. The highest BCUT2D eigenvalue weighted by Gasteiger charge is 2.15. The van der Waals surface area contributed by atoms with Gasteiger partial charge in [-0.3, -0.25) is 4.79 Å². The first-order chi connectivity index (χ1) is 7.39. The van der Waals surface area contributed by atoms with Crippen molar-refractivity contribution in [1.82, 2.24) is 0 Å². The van der Waals surface area contributed by atoms with E-state index in [-0.39, 0.29) is 5.75 Å². The van der Waals surface area contributed by atoms with E-state index in [1.165, 1.54) is 0 Å². The number of carbonyl (C=O) groups is 1. The molecule has 16 heavy (non-hydrogen) atoms. The molecule has 0 spiro atoms. The van der Waals surface area contributed by atoms with Gasteiger partial charge in [-0.2, -0.15) is 0 Å². The van der Waals surface area contributed by atoms with Crippen LogP contribution in [-0.4, -0.2) is 31.0 Å². The van der Waals surface area contributed by atoms with Crippen molar-refractivity contribution in [3.05, 3.63) is 35.4 Å². The van der Waals surface area contributed by atoms with E-state index in [9.17, 15) is 13.2 Å². The van der Waals surface area contributed by atoms with Crippen LogP contribution in [0.25, 0.3) is 0 Å². The minimum absolute atomic E-state index is 0.122. The molecule has 0 aliphatic rings. The van der Waals surface area contributed by atoms with Crippen LogP contribution in [0.4, 0.5) is 0 Å². The Bertz CT molecular complexity index is 477. The van der Waals surface area contributed by atoms with Gasteiger partial charge in [0.2, 0.25) is 0 Å². The monoisotopic (exact) mass is 242 g/mol. The molecule has 0 radical (unpaired) electrons. The molecule has 0 amide bonds. The van der Waals surface area contributed by atoms with E-state index in [4.69, 9.17) is 5.11 Å². The maximum atomic E-state index is 11.3. The Balaban J connectivity index is 2.61. The SMILES string of the molecule is Cc1cccc(CCS(=O)(=O)CC(=O)O)c1. The van der Waals surface area contributed by atoms with E-state index >= 15 is 0 Å². The van der Waals surface area contributed by atoms with Gasteiger partial charge in [0.1, 0.15) is 5.75 Å². The summed E-state index contributed by atoms with van der Waals surface area (Å²) >= 11 is 0. The van der Waals surface area contributed by atoms with Gasteiger partial charge in [0.05, 0.1) is 5.75 Å². The number of aliphatic carboxylic acids is 1. The van der Waals surface area contributed by atoms with Gasteiger partial charge in [0.25, 0.3) is 0 Å². The average molecular weight is 242 g/mol. The lowest BCUT2D eigenvalue weighted by molar-refractivity contribution is -0.134. The molecular weight excluding hydrogens is 228 g/mol. The highest BCUT2D eigenvalue weighted by Crippen LogP contribution is 2.06. The fourth-order valence-electron chi connectivity index (χ4n) is 1.40. The topological polar surface area (TPSA) is 71.4 Å². The van der Waals surface area contributed by atoms with Crippen LogP contribution in [0.15, 0.2) is 24.3 Å². The fourth-order valence-corrected chi connectivity index (χ4v) is 2.47. The molecule has 1 rings (SSSR count). The zero-order chi connectivity index (χ0) is 12.2. The Labute approximate surface area is 94.8 Å². The van der Waals surface area contributed by atoms with Crippen molar-refractivity contribution >= 4 is 15.8 Å². The number of hydrogen-bond acceptors (Lipinski definition) is 3. The highest BCUT2D eigenvalue weighted by molar-refractivity contribution is 7.92. The minimum atomic E-state index is -3.49. The van der Waals surface area contributed by atoms with Crippen molar-refractivity contribution in [2.24, 2.45) is 0 Å². The van der Waals surface area contributed by atoms with Crippen molar-refractivity contribution in [2.45, 2.75) is 13.3 Å². The van der Waals surface area contributed by atoms with Gasteiger partial charge >= 0.3 is 5.97 Å². The predicted molar refractivity (Wildman–Crippen MR) is 61.2 cm³/mol. The Morgan fingerprint density at radius 1 is 1.38 bits per heavy atom. The molecule has 0 aliphatic carbocycles. The van der Waals surface area contributed by atoms with E-state index in [0.717, 1.165) is 11.1 Å². The molecule has 4 nitrogen and oxygen atoms in total. The first-order valence-electron chi connectivity index (χ1n) is 4.87. The van der Waals surface area contributed by atoms with Crippen LogP contribution in [0, 0.1) is 6.92 Å². The molecule has 0 saturated carbocycles. The van der Waals surface area contributed by atoms with Crippen molar-refractivity contribution in [3.63, 3.8) is 0 Å². The Morgan fingerprint density at radius 2 is 2.06 bits per heavy atom. The molecule has 0 atom stereocenters. The summed E-state index contributed by atoms with van der Waals surface area (Å²) in [7, 11) is -3.49. The normalized spacial score (nSPS) is 11.3. The minimum Gasteiger partial charge on any atom is -0.480 e. The van der Waals surface area contributed by atoms with Crippen LogP contribution in [0.1, 0.15) is 11.1 Å². The number of sulfone groups is 1. The number of carboxylic acids is 1. The van der Waals surface area contributed by atoms with Crippen LogP contribution in [0.5, 0.6) is 0 Å². The molecular formula is C11H14O4S. The van der Waals surface area contributed by atoms with E-state index in [0.29, 0.717) is 6.42 Å². The molecule has 0 saturated heterocycles. The van der Waals surface area contributed by atoms with Crippen molar-refractivity contribution < 1.29 is 18.3 Å². The maximum Gasteiger partial charge on any atom is 0.318 e. The summed E-state index contributed by atoms with van der Waals surface area (Å²) in [6, 6.07) is 7.52. The molecule has 0 bridgehead atoms. The molecule has 0 fully saturated rings. The third-order valence-corrected chi connectivity index (χ3v) is 3.64. The van der Waals surface area contributed by atoms with Crippen LogP contribution < -0.4 is 0 Å². The lowest BCUT2D eigenvalue weighted by atomic mass is 10.1. The largest absolute Gasteiger partial charge is 0.480 e. The van der Waals surface area contributed by atoms with Crippen molar-refractivity contribution in [3.8, 4) is 0 Å². The zero-order valence-corrected chi connectivity index (χ0v) is 9.83. The number of benzene rings is 1. The van der Waals surface area contributed by atoms with Gasteiger partial charge in [0, 0.05) is 0 Å². The summed E-state index contributed by atoms with van der Waals surface area (Å²) in [5, 5.41) is 8.41. The quantitative estimate of drug-likeness (QED) is 0.837. The standard InChI is InChI=1S/C11H14O4S/c1-9-3-2-4-10(7-9)5-6-16(14,15)8-11(12)13/h2-4,7H,5-6,8H2,1H3,(H,12,13). The number of hydrogen-bond donors (Lipinski definition) is 1. The van der Waals surface area contributed by atoms with Gasteiger partial charge < -0.3 is 5.11 Å². The Morgan fingerprint density at radius 3 is 2.62 bits per heavy atom. The summed E-state index contributed by atoms with van der Waals surface area (Å²) < 4.78 is 22.6. The first-order valence-corrected chi connectivity index (χ1v) is 6.69. The van der Waals surface area contributed by atoms with Gasteiger partial charge in [-0.05, 0) is 18.9 Å². The maximum absolute atomic E-state index is 11.3. The van der Waals surface area contributed by atoms with Gasteiger partial charge in [-0.25, -0.2) is 8.42 Å². The molecule has 0 aliphatic heterocycles. The summed E-state index contributed by atoms with van der Waals surface area (Å²) in [6.07, 6.45) is 0.358. The van der Waals surface area contributed by atoms with E-state index in [2.05, 4.69) is 0 Å². The van der Waals surface area contributed by atoms with E-state index < -0.39 is 21.6 Å². The zero-order valence-electron chi connectivity index (χ0n) is 9.01.